The lowest BCUT2D eigenvalue weighted by molar-refractivity contribution is 1.30. The van der Waals surface area contributed by atoms with Crippen molar-refractivity contribution in [1.82, 2.24) is 4.98 Å². The number of nitrogens with zero attached hydrogens (tertiary/aromatic N) is 1. The number of pyridine rings is 1. The van der Waals surface area contributed by atoms with E-state index in [9.17, 15) is 0 Å². The Morgan fingerprint density at radius 1 is 0.552 bits per heavy atom. The van der Waals surface area contributed by atoms with E-state index in [0.717, 1.165) is 11.3 Å². The minimum absolute atomic E-state index is 0.998. The van der Waals surface area contributed by atoms with Gasteiger partial charge in [0.25, 0.3) is 0 Å². The van der Waals surface area contributed by atoms with E-state index in [1.165, 1.54) is 27.8 Å². The summed E-state index contributed by atoms with van der Waals surface area (Å²) < 4.78 is 0. The first-order valence-electron chi connectivity index (χ1n) is 9.81. The molecular formula is C28H23N. The minimum atomic E-state index is 0.998. The predicted octanol–water partition coefficient (Wildman–Crippen LogP) is 7.40. The second-order valence-corrected chi connectivity index (χ2v) is 7.04. The van der Waals surface area contributed by atoms with Crippen LogP contribution in [0.2, 0.25) is 0 Å². The lowest BCUT2D eigenvalue weighted by Crippen LogP contribution is -1.88. The van der Waals surface area contributed by atoms with Gasteiger partial charge in [-0.1, -0.05) is 109 Å². The first kappa shape index (κ1) is 18.6. The molecule has 140 valence electrons. The van der Waals surface area contributed by atoms with Crippen molar-refractivity contribution in [3.05, 3.63) is 125 Å². The predicted molar refractivity (Wildman–Crippen MR) is 125 cm³/mol. The maximum atomic E-state index is 4.68. The van der Waals surface area contributed by atoms with Crippen LogP contribution in [0.4, 0.5) is 0 Å². The van der Waals surface area contributed by atoms with Crippen LogP contribution in [-0.4, -0.2) is 4.98 Å². The average molecular weight is 373 g/mol. The summed E-state index contributed by atoms with van der Waals surface area (Å²) in [5.41, 5.74) is 8.07. The zero-order valence-electron chi connectivity index (χ0n) is 16.5. The van der Waals surface area contributed by atoms with Crippen molar-refractivity contribution in [2.75, 3.05) is 0 Å². The third kappa shape index (κ3) is 4.97. The number of aromatic nitrogens is 1. The minimum Gasteiger partial charge on any atom is -0.256 e. The van der Waals surface area contributed by atoms with Crippen molar-refractivity contribution >= 4 is 24.3 Å². The molecule has 0 bridgehead atoms. The third-order valence-corrected chi connectivity index (χ3v) is 4.85. The zero-order valence-corrected chi connectivity index (χ0v) is 16.5. The van der Waals surface area contributed by atoms with Gasteiger partial charge in [0.2, 0.25) is 0 Å². The molecule has 1 nitrogen and oxygen atoms in total. The van der Waals surface area contributed by atoms with Crippen molar-refractivity contribution < 1.29 is 0 Å². The Morgan fingerprint density at radius 3 is 1.66 bits per heavy atom. The largest absolute Gasteiger partial charge is 0.256 e. The highest BCUT2D eigenvalue weighted by Gasteiger charge is 2.04. The Balaban J connectivity index is 1.49. The Bertz CT molecular complexity index is 1120. The van der Waals surface area contributed by atoms with Crippen LogP contribution in [0.1, 0.15) is 27.8 Å². The van der Waals surface area contributed by atoms with Crippen molar-refractivity contribution in [2.45, 2.75) is 6.92 Å². The van der Waals surface area contributed by atoms with Crippen molar-refractivity contribution in [1.29, 1.82) is 0 Å². The number of rotatable bonds is 5. The Labute approximate surface area is 172 Å². The second kappa shape index (κ2) is 8.99. The molecule has 0 N–H and O–H groups in total. The standard InChI is InChI=1S/C28H23N/c1-22-20-25(14-12-23-8-4-2-5-9-23)16-18-27(22)28-19-17-26(21-29-28)15-13-24-10-6-3-7-11-24/h2-21H,1H3/b14-12+,15-13+. The summed E-state index contributed by atoms with van der Waals surface area (Å²) in [6, 6.07) is 31.4. The third-order valence-electron chi connectivity index (χ3n) is 4.85. The first-order valence-corrected chi connectivity index (χ1v) is 9.81. The molecule has 1 aromatic heterocycles. The van der Waals surface area contributed by atoms with E-state index < -0.39 is 0 Å². The number of hydrogen-bond acceptors (Lipinski definition) is 1. The smallest absolute Gasteiger partial charge is 0.0705 e. The lowest BCUT2D eigenvalue weighted by Gasteiger charge is -2.07. The van der Waals surface area contributed by atoms with Gasteiger partial charge in [0.1, 0.15) is 0 Å². The Morgan fingerprint density at radius 2 is 1.10 bits per heavy atom. The number of benzene rings is 3. The summed E-state index contributed by atoms with van der Waals surface area (Å²) in [7, 11) is 0. The normalized spacial score (nSPS) is 11.3. The maximum absolute atomic E-state index is 4.68. The summed E-state index contributed by atoms with van der Waals surface area (Å²) in [6.45, 7) is 2.14. The Kier molecular flexibility index (Phi) is 5.78. The highest BCUT2D eigenvalue weighted by molar-refractivity contribution is 5.74. The van der Waals surface area contributed by atoms with E-state index in [-0.39, 0.29) is 0 Å². The molecule has 0 spiro atoms. The van der Waals surface area contributed by atoms with Gasteiger partial charge in [0, 0.05) is 11.8 Å². The molecule has 0 aliphatic rings. The topological polar surface area (TPSA) is 12.9 Å². The van der Waals surface area contributed by atoms with E-state index in [1.54, 1.807) is 0 Å². The highest BCUT2D eigenvalue weighted by Crippen LogP contribution is 2.24. The fraction of sp³-hybridized carbons (Fsp3) is 0.0357. The molecule has 1 heteroatoms. The van der Waals surface area contributed by atoms with Gasteiger partial charge in [-0.05, 0) is 40.8 Å². The molecule has 0 fully saturated rings. The quantitative estimate of drug-likeness (QED) is 0.332. The number of hydrogen-bond donors (Lipinski definition) is 0. The van der Waals surface area contributed by atoms with E-state index in [0.29, 0.717) is 0 Å². The lowest BCUT2D eigenvalue weighted by atomic mass is 10.0. The molecule has 0 atom stereocenters. The first-order chi connectivity index (χ1) is 14.3. The van der Waals surface area contributed by atoms with Gasteiger partial charge in [-0.3, -0.25) is 4.98 Å². The summed E-state index contributed by atoms with van der Waals surface area (Å²) in [4.78, 5) is 4.68. The van der Waals surface area contributed by atoms with Gasteiger partial charge in [-0.2, -0.15) is 0 Å². The fourth-order valence-electron chi connectivity index (χ4n) is 3.25. The van der Waals surface area contributed by atoms with Crippen LogP contribution < -0.4 is 0 Å². The summed E-state index contributed by atoms with van der Waals surface area (Å²) in [5.74, 6) is 0. The van der Waals surface area contributed by atoms with Crippen LogP contribution in [0.25, 0.3) is 35.6 Å². The Hall–Kier alpha value is -3.71. The zero-order chi connectivity index (χ0) is 19.9. The summed E-state index contributed by atoms with van der Waals surface area (Å²) in [6.07, 6.45) is 10.4. The van der Waals surface area contributed by atoms with E-state index >= 15 is 0 Å². The molecule has 0 radical (unpaired) electrons. The van der Waals surface area contributed by atoms with E-state index in [1.807, 2.05) is 30.5 Å². The van der Waals surface area contributed by atoms with Crippen LogP contribution in [0.5, 0.6) is 0 Å². The molecule has 1 heterocycles. The number of aryl methyl sites for hydroxylation is 1. The second-order valence-electron chi connectivity index (χ2n) is 7.04. The van der Waals surface area contributed by atoms with Gasteiger partial charge < -0.3 is 0 Å². The molecule has 0 amide bonds. The van der Waals surface area contributed by atoms with Gasteiger partial charge in [0.05, 0.1) is 5.69 Å². The fourth-order valence-corrected chi connectivity index (χ4v) is 3.25. The SMILES string of the molecule is Cc1cc(/C=C/c2ccccc2)ccc1-c1ccc(/C=C/c2ccccc2)cn1. The van der Waals surface area contributed by atoms with Crippen LogP contribution in [0.15, 0.2) is 97.2 Å². The van der Waals surface area contributed by atoms with Gasteiger partial charge in [-0.25, -0.2) is 0 Å². The van der Waals surface area contributed by atoms with Crippen LogP contribution in [0.3, 0.4) is 0 Å². The van der Waals surface area contributed by atoms with Crippen LogP contribution in [0, 0.1) is 6.92 Å². The molecular weight excluding hydrogens is 350 g/mol. The van der Waals surface area contributed by atoms with Gasteiger partial charge >= 0.3 is 0 Å². The van der Waals surface area contributed by atoms with E-state index in [4.69, 9.17) is 0 Å². The van der Waals surface area contributed by atoms with Crippen LogP contribution >= 0.6 is 0 Å². The van der Waals surface area contributed by atoms with Crippen molar-refractivity contribution in [2.24, 2.45) is 0 Å². The van der Waals surface area contributed by atoms with E-state index in [2.05, 4.69) is 103 Å². The van der Waals surface area contributed by atoms with Crippen molar-refractivity contribution in [3.63, 3.8) is 0 Å². The molecule has 0 saturated carbocycles. The molecule has 4 rings (SSSR count). The van der Waals surface area contributed by atoms with Gasteiger partial charge in [-0.15, -0.1) is 0 Å². The highest BCUT2D eigenvalue weighted by atomic mass is 14.7. The van der Waals surface area contributed by atoms with Gasteiger partial charge in [0.15, 0.2) is 0 Å². The molecule has 0 saturated heterocycles. The molecule has 4 aromatic rings. The molecule has 0 aliphatic heterocycles. The summed E-state index contributed by atoms with van der Waals surface area (Å²) in [5, 5.41) is 0. The maximum Gasteiger partial charge on any atom is 0.0705 e. The van der Waals surface area contributed by atoms with Crippen LogP contribution in [-0.2, 0) is 0 Å². The molecule has 0 aliphatic carbocycles. The summed E-state index contributed by atoms with van der Waals surface area (Å²) >= 11 is 0. The average Bonchev–Trinajstić information content (AvgIpc) is 2.78. The van der Waals surface area contributed by atoms with Crippen molar-refractivity contribution in [3.8, 4) is 11.3 Å². The monoisotopic (exact) mass is 373 g/mol. The molecule has 0 unspecified atom stereocenters. The molecule has 3 aromatic carbocycles. The molecule has 29 heavy (non-hydrogen) atoms.